The van der Waals surface area contributed by atoms with Crippen LogP contribution in [0.15, 0.2) is 36.2 Å². The summed E-state index contributed by atoms with van der Waals surface area (Å²) in [6.07, 6.45) is -1.70. The fourth-order valence-electron chi connectivity index (χ4n) is 9.71. The second-order valence-corrected chi connectivity index (χ2v) is 21.4. The van der Waals surface area contributed by atoms with Crippen LogP contribution in [0.3, 0.4) is 0 Å². The van der Waals surface area contributed by atoms with E-state index in [4.69, 9.17) is 35.8 Å². The Hall–Kier alpha value is -4.92. The van der Waals surface area contributed by atoms with Gasteiger partial charge in [0.25, 0.3) is 0 Å². The Bertz CT molecular complexity index is 2400. The number of piperazine rings is 1. The molecule has 8 atom stereocenters. The van der Waals surface area contributed by atoms with E-state index in [0.717, 1.165) is 19.3 Å². The van der Waals surface area contributed by atoms with Gasteiger partial charge >= 0.3 is 18.2 Å². The number of rotatable bonds is 17. The standard InChI is InChI=1S/C47H60ClF3N8O8S/c1-7-28-21-46(28,42(62)63)56-40(60)34-19-30(22-59(34)41(61)39(45(4,5)6)55-44(64)67-29-17-26-16-27(26)18-29)66-36-20-32(33-23-68-43(54-33)52-25(2)3)53-38-31(36)8-9-35(37(38)48)65-15-14-57-10-12-58(13-11-57)24-47(49,50)51/h7-9,20,23,25-30,34,39H,1,10-19,21-22,24H2,2-6H3,(H,52,54)(H,55,64)(H,56,60)(H,62,63)/t26-,27+,28-,29+,30?,34+,39-,46-/m1/s1. The van der Waals surface area contributed by atoms with Gasteiger partial charge in [0.2, 0.25) is 11.8 Å². The summed E-state index contributed by atoms with van der Waals surface area (Å²) >= 11 is 8.48. The average molecular weight is 990 g/mol. The van der Waals surface area contributed by atoms with E-state index in [9.17, 15) is 37.5 Å². The third kappa shape index (κ3) is 11.2. The molecule has 0 spiro atoms. The highest BCUT2D eigenvalue weighted by Gasteiger charge is 2.61. The van der Waals surface area contributed by atoms with Gasteiger partial charge < -0.3 is 40.2 Å². The normalized spacial score (nSPS) is 26.5. The Labute approximate surface area is 402 Å². The van der Waals surface area contributed by atoms with E-state index >= 15 is 0 Å². The Kier molecular flexibility index (Phi) is 14.2. The van der Waals surface area contributed by atoms with E-state index in [-0.39, 0.29) is 56.3 Å². The van der Waals surface area contributed by atoms with Crippen LogP contribution in [0.25, 0.3) is 22.3 Å². The maximum absolute atomic E-state index is 14.8. The number of carbonyl (C=O) groups excluding carboxylic acids is 3. The molecule has 3 aliphatic carbocycles. The molecule has 2 aromatic heterocycles. The van der Waals surface area contributed by atoms with Crippen LogP contribution >= 0.6 is 22.9 Å². The van der Waals surface area contributed by atoms with Gasteiger partial charge in [0.15, 0.2) is 5.13 Å². The summed E-state index contributed by atoms with van der Waals surface area (Å²) in [4.78, 5) is 69.5. The maximum atomic E-state index is 14.8. The zero-order valence-electron chi connectivity index (χ0n) is 38.9. The van der Waals surface area contributed by atoms with Crippen molar-refractivity contribution >= 4 is 62.8 Å². The molecular formula is C47H60ClF3N8O8S. The van der Waals surface area contributed by atoms with Crippen LogP contribution in [-0.2, 0) is 19.1 Å². The number of benzene rings is 1. The molecule has 1 unspecified atom stereocenters. The number of carbonyl (C=O) groups is 4. The van der Waals surface area contributed by atoms with Gasteiger partial charge in [0.05, 0.1) is 24.3 Å². The van der Waals surface area contributed by atoms with Crippen molar-refractivity contribution in [1.82, 2.24) is 35.3 Å². The van der Waals surface area contributed by atoms with Gasteiger partial charge in [-0.25, -0.2) is 19.6 Å². The number of thiazole rings is 1. The number of carboxylic acids is 1. The van der Waals surface area contributed by atoms with E-state index in [0.29, 0.717) is 70.4 Å². The van der Waals surface area contributed by atoms with Crippen LogP contribution in [-0.4, -0.2) is 148 Å². The van der Waals surface area contributed by atoms with Crippen LogP contribution in [0.5, 0.6) is 11.5 Å². The molecular weight excluding hydrogens is 929 g/mol. The Morgan fingerprint density at radius 2 is 1.71 bits per heavy atom. The number of carboxylic acid groups (broad SMARTS) is 1. The highest BCUT2D eigenvalue weighted by molar-refractivity contribution is 7.14. The Morgan fingerprint density at radius 1 is 1.00 bits per heavy atom. The predicted molar refractivity (Wildman–Crippen MR) is 250 cm³/mol. The van der Waals surface area contributed by atoms with Crippen molar-refractivity contribution in [3.8, 4) is 22.9 Å². The van der Waals surface area contributed by atoms with E-state index in [2.05, 4.69) is 22.5 Å². The maximum Gasteiger partial charge on any atom is 0.408 e. The molecule has 2 saturated heterocycles. The zero-order valence-corrected chi connectivity index (χ0v) is 40.4. The topological polar surface area (TPSA) is 188 Å². The molecule has 370 valence electrons. The summed E-state index contributed by atoms with van der Waals surface area (Å²) in [5, 5.41) is 22.2. The number of alkyl halides is 3. The average Bonchev–Trinajstić information content (AvgIpc) is 3.93. The quantitative estimate of drug-likeness (QED) is 0.103. The minimum Gasteiger partial charge on any atom is -0.491 e. The highest BCUT2D eigenvalue weighted by Crippen LogP contribution is 2.52. The third-order valence-corrected chi connectivity index (χ3v) is 14.7. The molecule has 2 aliphatic heterocycles. The lowest BCUT2D eigenvalue weighted by atomic mass is 9.85. The summed E-state index contributed by atoms with van der Waals surface area (Å²) in [6.45, 7) is 14.2. The van der Waals surface area contributed by atoms with Crippen LogP contribution in [0.4, 0.5) is 23.1 Å². The number of amides is 3. The molecule has 68 heavy (non-hydrogen) atoms. The van der Waals surface area contributed by atoms with Crippen LogP contribution in [0.2, 0.25) is 5.02 Å². The SMILES string of the molecule is C=C[C@@H]1C[C@]1(NC(=O)[C@@H]1CC(Oc2cc(-c3csc(NC(C)C)n3)nc3c(Cl)c(OCCN4CCN(CC(F)(F)F)CC4)ccc23)CN1C(=O)[C@@H](NC(=O)O[C@@H]1C[C@@H]2C[C@@H]2C1)C(C)(C)C)C(=O)O. The molecule has 21 heteroatoms. The number of hydrogen-bond acceptors (Lipinski definition) is 13. The molecule has 4 N–H and O–H groups in total. The number of aromatic nitrogens is 2. The van der Waals surface area contributed by atoms with Gasteiger partial charge in [0, 0.05) is 67.9 Å². The molecule has 5 aliphatic rings. The van der Waals surface area contributed by atoms with Gasteiger partial charge in [-0.05, 0) is 68.9 Å². The number of ether oxygens (including phenoxy) is 3. The van der Waals surface area contributed by atoms with Crippen molar-refractivity contribution in [1.29, 1.82) is 0 Å². The zero-order chi connectivity index (χ0) is 48.9. The predicted octanol–water partition coefficient (Wildman–Crippen LogP) is 6.82. The van der Waals surface area contributed by atoms with Gasteiger partial charge in [0.1, 0.15) is 58.7 Å². The molecule has 1 aromatic carbocycles. The van der Waals surface area contributed by atoms with Crippen LogP contribution in [0, 0.1) is 23.2 Å². The smallest absolute Gasteiger partial charge is 0.408 e. The van der Waals surface area contributed by atoms with Crippen molar-refractivity contribution in [3.63, 3.8) is 0 Å². The second-order valence-electron chi connectivity index (χ2n) is 20.2. The lowest BCUT2D eigenvalue weighted by Gasteiger charge is -2.35. The molecule has 0 radical (unpaired) electrons. The number of nitrogens with zero attached hydrogens (tertiary/aromatic N) is 5. The number of alkyl carbamates (subject to hydrolysis) is 1. The van der Waals surface area contributed by atoms with Crippen molar-refractivity contribution in [3.05, 3.63) is 41.3 Å². The first-order chi connectivity index (χ1) is 32.1. The number of pyridine rings is 1. The number of hydrogen-bond donors (Lipinski definition) is 4. The molecule has 3 amide bonds. The lowest BCUT2D eigenvalue weighted by Crippen LogP contribution is -2.59. The van der Waals surface area contributed by atoms with Crippen molar-refractivity contribution in [2.45, 2.75) is 109 Å². The van der Waals surface area contributed by atoms with Gasteiger partial charge in [-0.1, -0.05) is 38.4 Å². The minimum atomic E-state index is -4.25. The summed E-state index contributed by atoms with van der Waals surface area (Å²) < 4.78 is 57.5. The van der Waals surface area contributed by atoms with Crippen molar-refractivity contribution < 1.29 is 51.7 Å². The number of fused-ring (bicyclic) bond motifs is 2. The number of anilines is 1. The first-order valence-corrected chi connectivity index (χ1v) is 24.5. The van der Waals surface area contributed by atoms with Gasteiger partial charge in [-0.2, -0.15) is 13.2 Å². The molecule has 5 fully saturated rings. The highest BCUT2D eigenvalue weighted by atomic mass is 35.5. The van der Waals surface area contributed by atoms with E-state index in [1.165, 1.54) is 27.2 Å². The first kappa shape index (κ1) is 49.5. The molecule has 8 rings (SSSR count). The van der Waals surface area contributed by atoms with E-state index in [1.807, 2.05) is 24.1 Å². The van der Waals surface area contributed by atoms with Crippen molar-refractivity contribution in [2.75, 3.05) is 57.7 Å². The van der Waals surface area contributed by atoms with Crippen molar-refractivity contribution in [2.24, 2.45) is 23.2 Å². The van der Waals surface area contributed by atoms with Gasteiger partial charge in [-0.3, -0.25) is 19.4 Å². The lowest BCUT2D eigenvalue weighted by molar-refractivity contribution is -0.149. The fraction of sp³-hybridized carbons (Fsp3) is 0.617. The van der Waals surface area contributed by atoms with Crippen LogP contribution < -0.4 is 25.4 Å². The number of halogens is 4. The monoisotopic (exact) mass is 988 g/mol. The second kappa shape index (κ2) is 19.5. The molecule has 4 heterocycles. The van der Waals surface area contributed by atoms with Gasteiger partial charge in [-0.15, -0.1) is 17.9 Å². The molecule has 3 aromatic rings. The van der Waals surface area contributed by atoms with E-state index < -0.39 is 71.7 Å². The number of aliphatic carboxylic acids is 1. The molecule has 16 nitrogen and oxygen atoms in total. The Morgan fingerprint density at radius 3 is 2.34 bits per heavy atom. The summed E-state index contributed by atoms with van der Waals surface area (Å²) in [5.74, 6) is -1.18. The third-order valence-electron chi connectivity index (χ3n) is 13.6. The van der Waals surface area contributed by atoms with Crippen LogP contribution in [0.1, 0.15) is 66.7 Å². The number of nitrogens with one attached hydrogen (secondary N) is 3. The summed E-state index contributed by atoms with van der Waals surface area (Å²) in [6, 6.07) is 2.93. The first-order valence-electron chi connectivity index (χ1n) is 23.2. The summed E-state index contributed by atoms with van der Waals surface area (Å²) in [5.41, 5.74) is -1.14. The van der Waals surface area contributed by atoms with E-state index in [1.54, 1.807) is 39.0 Å². The largest absolute Gasteiger partial charge is 0.491 e. The minimum absolute atomic E-state index is 0.0319. The fourth-order valence-corrected chi connectivity index (χ4v) is 10.8. The Balaban J connectivity index is 1.06. The summed E-state index contributed by atoms with van der Waals surface area (Å²) in [7, 11) is 0. The molecule has 0 bridgehead atoms. The number of likely N-dealkylation sites (tertiary alicyclic amines) is 1. The molecule has 3 saturated carbocycles.